The first kappa shape index (κ1) is 18.7. The van der Waals surface area contributed by atoms with Crippen LogP contribution >= 0.6 is 0 Å². The normalized spacial score (nSPS) is 17.7. The third-order valence-corrected chi connectivity index (χ3v) is 4.21. The summed E-state index contributed by atoms with van der Waals surface area (Å²) in [4.78, 5) is 36.0. The molecule has 0 bridgehead atoms. The highest BCUT2D eigenvalue weighted by atomic mass is 16.6. The van der Waals surface area contributed by atoms with Crippen molar-refractivity contribution in [3.05, 3.63) is 28.3 Å². The Kier molecular flexibility index (Phi) is 6.29. The summed E-state index contributed by atoms with van der Waals surface area (Å²) in [5.74, 6) is -0.435. The van der Waals surface area contributed by atoms with Gasteiger partial charge in [-0.05, 0) is 31.5 Å². The zero-order valence-electron chi connectivity index (χ0n) is 14.1. The number of likely N-dealkylation sites (tertiary alicyclic amines) is 1. The van der Waals surface area contributed by atoms with Crippen LogP contribution in [-0.4, -0.2) is 47.9 Å². The van der Waals surface area contributed by atoms with Crippen molar-refractivity contribution >= 4 is 23.2 Å². The number of hydrogen-bond donors (Lipinski definition) is 2. The number of hydrogen-bond acceptors (Lipinski definition) is 6. The van der Waals surface area contributed by atoms with Crippen LogP contribution in [0, 0.1) is 10.1 Å². The fourth-order valence-electron chi connectivity index (χ4n) is 3.00. The van der Waals surface area contributed by atoms with E-state index in [0.29, 0.717) is 12.3 Å². The lowest BCUT2D eigenvalue weighted by Gasteiger charge is -2.34. The van der Waals surface area contributed by atoms with Crippen molar-refractivity contribution in [1.29, 1.82) is 0 Å². The molecule has 25 heavy (non-hydrogen) atoms. The summed E-state index contributed by atoms with van der Waals surface area (Å²) in [7, 11) is 1.41. The summed E-state index contributed by atoms with van der Waals surface area (Å²) in [5, 5.41) is 13.7. The largest absolute Gasteiger partial charge is 0.496 e. The molecule has 0 aliphatic carbocycles. The highest BCUT2D eigenvalue weighted by Crippen LogP contribution is 2.29. The molecule has 1 fully saturated rings. The molecule has 2 amide bonds. The van der Waals surface area contributed by atoms with Crippen LogP contribution in [0.25, 0.3) is 0 Å². The fraction of sp³-hybridized carbons (Fsp3) is 0.500. The van der Waals surface area contributed by atoms with E-state index in [1.165, 1.54) is 19.2 Å². The first-order valence-electron chi connectivity index (χ1n) is 8.05. The Morgan fingerprint density at radius 3 is 2.84 bits per heavy atom. The van der Waals surface area contributed by atoms with Crippen LogP contribution in [0.1, 0.15) is 25.7 Å². The second-order valence-corrected chi connectivity index (χ2v) is 5.98. The molecule has 1 aromatic rings. The van der Waals surface area contributed by atoms with Gasteiger partial charge in [0.25, 0.3) is 5.69 Å². The molecule has 3 N–H and O–H groups in total. The number of piperidine rings is 1. The number of nitrogens with zero attached hydrogens (tertiary/aromatic N) is 2. The first-order valence-corrected chi connectivity index (χ1v) is 8.05. The van der Waals surface area contributed by atoms with Crippen LogP contribution in [0.2, 0.25) is 0 Å². The standard InChI is InChI=1S/C16H22N4O5/c1-25-12-5-6-13(14(9-12)20(23)24)18-16(22)10-19-7-3-2-4-11(19)8-15(17)21/h5-6,9,11H,2-4,7-8,10H2,1H3,(H2,17,21)(H,18,22). The van der Waals surface area contributed by atoms with E-state index in [0.717, 1.165) is 19.3 Å². The molecule has 1 saturated heterocycles. The zero-order chi connectivity index (χ0) is 18.4. The summed E-state index contributed by atoms with van der Waals surface area (Å²) in [6.45, 7) is 0.747. The first-order chi connectivity index (χ1) is 11.9. The van der Waals surface area contributed by atoms with Gasteiger partial charge in [-0.1, -0.05) is 6.42 Å². The minimum atomic E-state index is -0.574. The summed E-state index contributed by atoms with van der Waals surface area (Å²) < 4.78 is 4.97. The number of nitro groups is 1. The van der Waals surface area contributed by atoms with Gasteiger partial charge < -0.3 is 15.8 Å². The van der Waals surface area contributed by atoms with Crippen LogP contribution in [0.5, 0.6) is 5.75 Å². The van der Waals surface area contributed by atoms with E-state index in [4.69, 9.17) is 10.5 Å². The number of carbonyl (C=O) groups excluding carboxylic acids is 2. The van der Waals surface area contributed by atoms with Crippen molar-refractivity contribution in [2.75, 3.05) is 25.5 Å². The number of rotatable bonds is 7. The lowest BCUT2D eigenvalue weighted by molar-refractivity contribution is -0.384. The number of nitrogens with one attached hydrogen (secondary N) is 1. The number of anilines is 1. The summed E-state index contributed by atoms with van der Waals surface area (Å²) in [5.41, 5.74) is 5.14. The van der Waals surface area contributed by atoms with Crippen molar-refractivity contribution in [2.45, 2.75) is 31.7 Å². The summed E-state index contributed by atoms with van der Waals surface area (Å²) >= 11 is 0. The number of benzene rings is 1. The molecule has 1 atom stereocenters. The van der Waals surface area contributed by atoms with Crippen LogP contribution in [0.3, 0.4) is 0 Å². The van der Waals surface area contributed by atoms with E-state index in [2.05, 4.69) is 5.32 Å². The zero-order valence-corrected chi connectivity index (χ0v) is 14.1. The van der Waals surface area contributed by atoms with Crippen molar-refractivity contribution in [3.8, 4) is 5.75 Å². The van der Waals surface area contributed by atoms with Crippen molar-refractivity contribution in [1.82, 2.24) is 4.90 Å². The molecule has 1 aromatic carbocycles. The van der Waals surface area contributed by atoms with Gasteiger partial charge in [-0.25, -0.2) is 0 Å². The molecule has 0 aromatic heterocycles. The van der Waals surface area contributed by atoms with Gasteiger partial charge in [0, 0.05) is 12.5 Å². The maximum Gasteiger partial charge on any atom is 0.296 e. The molecule has 1 heterocycles. The minimum Gasteiger partial charge on any atom is -0.496 e. The van der Waals surface area contributed by atoms with E-state index < -0.39 is 10.8 Å². The van der Waals surface area contributed by atoms with Gasteiger partial charge in [0.15, 0.2) is 0 Å². The third kappa shape index (κ3) is 5.15. The Morgan fingerprint density at radius 2 is 2.20 bits per heavy atom. The van der Waals surface area contributed by atoms with E-state index >= 15 is 0 Å². The van der Waals surface area contributed by atoms with E-state index in [9.17, 15) is 19.7 Å². The minimum absolute atomic E-state index is 0.0567. The predicted octanol–water partition coefficient (Wildman–Crippen LogP) is 1.27. The van der Waals surface area contributed by atoms with Crippen molar-refractivity contribution in [2.24, 2.45) is 5.73 Å². The van der Waals surface area contributed by atoms with Crippen LogP contribution in [-0.2, 0) is 9.59 Å². The van der Waals surface area contributed by atoms with Crippen LogP contribution < -0.4 is 15.8 Å². The Morgan fingerprint density at radius 1 is 1.44 bits per heavy atom. The highest BCUT2D eigenvalue weighted by Gasteiger charge is 2.26. The molecular formula is C16H22N4O5. The number of ether oxygens (including phenoxy) is 1. The highest BCUT2D eigenvalue weighted by molar-refractivity contribution is 5.94. The van der Waals surface area contributed by atoms with Crippen molar-refractivity contribution in [3.63, 3.8) is 0 Å². The Balaban J connectivity index is 2.06. The topological polar surface area (TPSA) is 128 Å². The van der Waals surface area contributed by atoms with E-state index in [1.807, 2.05) is 4.90 Å². The van der Waals surface area contributed by atoms with Gasteiger partial charge in [0.05, 0.1) is 24.6 Å². The maximum absolute atomic E-state index is 12.3. The van der Waals surface area contributed by atoms with Crippen LogP contribution in [0.4, 0.5) is 11.4 Å². The second-order valence-electron chi connectivity index (χ2n) is 5.98. The molecular weight excluding hydrogens is 328 g/mol. The Hall–Kier alpha value is -2.68. The second kappa shape index (κ2) is 8.43. The van der Waals surface area contributed by atoms with E-state index in [-0.39, 0.29) is 36.3 Å². The Labute approximate surface area is 145 Å². The molecule has 9 nitrogen and oxygen atoms in total. The maximum atomic E-state index is 12.3. The lowest BCUT2D eigenvalue weighted by atomic mass is 9.99. The molecule has 2 rings (SSSR count). The molecule has 0 saturated carbocycles. The van der Waals surface area contributed by atoms with Gasteiger partial charge in [-0.15, -0.1) is 0 Å². The molecule has 1 aliphatic heterocycles. The van der Waals surface area contributed by atoms with Gasteiger partial charge in [-0.3, -0.25) is 24.6 Å². The average Bonchev–Trinajstić information content (AvgIpc) is 2.56. The summed E-state index contributed by atoms with van der Waals surface area (Å²) in [6, 6.07) is 4.17. The smallest absolute Gasteiger partial charge is 0.296 e. The Bertz CT molecular complexity index is 664. The van der Waals surface area contributed by atoms with Gasteiger partial charge in [0.1, 0.15) is 11.4 Å². The molecule has 0 radical (unpaired) electrons. The third-order valence-electron chi connectivity index (χ3n) is 4.21. The molecule has 1 unspecified atom stereocenters. The number of nitrogens with two attached hydrogens (primary N) is 1. The monoisotopic (exact) mass is 350 g/mol. The number of primary amides is 1. The molecule has 136 valence electrons. The molecule has 9 heteroatoms. The fourth-order valence-corrected chi connectivity index (χ4v) is 3.00. The molecule has 0 spiro atoms. The van der Waals surface area contributed by atoms with Gasteiger partial charge >= 0.3 is 0 Å². The number of methoxy groups -OCH3 is 1. The molecule has 1 aliphatic rings. The predicted molar refractivity (Wildman–Crippen MR) is 91.3 cm³/mol. The quantitative estimate of drug-likeness (QED) is 0.563. The van der Waals surface area contributed by atoms with Gasteiger partial charge in [0.2, 0.25) is 11.8 Å². The lowest BCUT2D eigenvalue weighted by Crippen LogP contribution is -2.45. The van der Waals surface area contributed by atoms with E-state index in [1.54, 1.807) is 6.07 Å². The van der Waals surface area contributed by atoms with Gasteiger partial charge in [-0.2, -0.15) is 0 Å². The number of nitro benzene ring substituents is 1. The number of carbonyl (C=O) groups is 2. The van der Waals surface area contributed by atoms with Crippen LogP contribution in [0.15, 0.2) is 18.2 Å². The SMILES string of the molecule is COc1ccc(NC(=O)CN2CCCCC2CC(N)=O)c([N+](=O)[O-])c1. The van der Waals surface area contributed by atoms with Crippen molar-refractivity contribution < 1.29 is 19.2 Å². The summed E-state index contributed by atoms with van der Waals surface area (Å²) in [6.07, 6.45) is 2.93. The average molecular weight is 350 g/mol. The number of amides is 2.